The molecule has 0 spiro atoms. The van der Waals surface area contributed by atoms with Crippen LogP contribution in [0.2, 0.25) is 0 Å². The third-order valence-corrected chi connectivity index (χ3v) is 5.46. The average molecular weight is 416 g/mol. The Hall–Kier alpha value is -2.20. The molecule has 1 aromatic rings. The number of sulfonamides is 1. The van der Waals surface area contributed by atoms with Crippen LogP contribution in [0.15, 0.2) is 12.1 Å². The number of ether oxygens (including phenoxy) is 3. The van der Waals surface area contributed by atoms with Crippen molar-refractivity contribution in [3.8, 4) is 17.2 Å². The topological polar surface area (TPSA) is 97.4 Å². The normalized spacial score (nSPS) is 15.2. The van der Waals surface area contributed by atoms with E-state index < -0.39 is 10.0 Å². The van der Waals surface area contributed by atoms with Crippen molar-refractivity contribution in [2.75, 3.05) is 57.6 Å². The Labute approximate surface area is 166 Å². The van der Waals surface area contributed by atoms with Gasteiger partial charge in [0.2, 0.25) is 15.8 Å². The van der Waals surface area contributed by atoms with E-state index in [4.69, 9.17) is 14.2 Å². The number of urea groups is 1. The first-order valence-electron chi connectivity index (χ1n) is 9.37. The zero-order valence-corrected chi connectivity index (χ0v) is 17.7. The molecule has 2 amide bonds. The molecule has 0 radical (unpaired) electrons. The second-order valence-electron chi connectivity index (χ2n) is 6.18. The summed E-state index contributed by atoms with van der Waals surface area (Å²) in [6, 6.07) is 3.09. The van der Waals surface area contributed by atoms with Crippen LogP contribution in [0.1, 0.15) is 20.8 Å². The highest BCUT2D eigenvalue weighted by Crippen LogP contribution is 2.40. The van der Waals surface area contributed by atoms with Crippen molar-refractivity contribution < 1.29 is 27.4 Å². The Balaban J connectivity index is 2.15. The summed E-state index contributed by atoms with van der Waals surface area (Å²) in [6.45, 7) is 8.15. The van der Waals surface area contributed by atoms with Crippen molar-refractivity contribution in [3.63, 3.8) is 0 Å². The number of nitrogens with one attached hydrogen (secondary N) is 1. The lowest BCUT2D eigenvalue weighted by Gasteiger charge is -2.33. The van der Waals surface area contributed by atoms with Crippen LogP contribution in [0.3, 0.4) is 0 Å². The zero-order valence-electron chi connectivity index (χ0n) is 16.9. The molecule has 1 aliphatic rings. The van der Waals surface area contributed by atoms with Crippen molar-refractivity contribution in [1.29, 1.82) is 0 Å². The molecule has 1 fully saturated rings. The predicted molar refractivity (Wildman–Crippen MR) is 107 cm³/mol. The first-order chi connectivity index (χ1) is 13.3. The molecule has 0 aromatic heterocycles. The summed E-state index contributed by atoms with van der Waals surface area (Å²) in [5.74, 6) is 1.49. The Kier molecular flexibility index (Phi) is 7.76. The number of hydrogen-bond acceptors (Lipinski definition) is 6. The SMILES string of the molecule is CCOc1cc(NC(=O)N2CCN(S(C)(=O)=O)CC2)cc(OCC)c1OCC. The predicted octanol–water partition coefficient (Wildman–Crippen LogP) is 1.99. The highest BCUT2D eigenvalue weighted by Gasteiger charge is 2.26. The lowest BCUT2D eigenvalue weighted by molar-refractivity contribution is 0.184. The van der Waals surface area contributed by atoms with Crippen molar-refractivity contribution in [1.82, 2.24) is 9.21 Å². The van der Waals surface area contributed by atoms with E-state index in [9.17, 15) is 13.2 Å². The molecule has 1 aliphatic heterocycles. The van der Waals surface area contributed by atoms with Crippen LogP contribution in [0, 0.1) is 0 Å². The van der Waals surface area contributed by atoms with Gasteiger partial charge in [-0.25, -0.2) is 13.2 Å². The molecule has 28 heavy (non-hydrogen) atoms. The van der Waals surface area contributed by atoms with Crippen LogP contribution in [0.5, 0.6) is 17.2 Å². The maximum absolute atomic E-state index is 12.6. The van der Waals surface area contributed by atoms with E-state index in [2.05, 4.69) is 5.32 Å². The summed E-state index contributed by atoms with van der Waals surface area (Å²) >= 11 is 0. The van der Waals surface area contributed by atoms with Crippen LogP contribution < -0.4 is 19.5 Å². The summed E-state index contributed by atoms with van der Waals surface area (Å²) in [7, 11) is -3.24. The third-order valence-electron chi connectivity index (χ3n) is 4.16. The Morgan fingerprint density at radius 2 is 1.46 bits per heavy atom. The number of rotatable bonds is 8. The van der Waals surface area contributed by atoms with E-state index in [-0.39, 0.29) is 19.1 Å². The molecule has 158 valence electrons. The van der Waals surface area contributed by atoms with Crippen molar-refractivity contribution in [2.24, 2.45) is 0 Å². The second kappa shape index (κ2) is 9.83. The Morgan fingerprint density at radius 3 is 1.89 bits per heavy atom. The number of piperazine rings is 1. The lowest BCUT2D eigenvalue weighted by Crippen LogP contribution is -2.51. The number of anilines is 1. The zero-order chi connectivity index (χ0) is 20.7. The van der Waals surface area contributed by atoms with E-state index >= 15 is 0 Å². The minimum absolute atomic E-state index is 0.282. The van der Waals surface area contributed by atoms with Gasteiger partial charge in [0.1, 0.15) is 0 Å². The monoisotopic (exact) mass is 415 g/mol. The van der Waals surface area contributed by atoms with Crippen LogP contribution in [-0.2, 0) is 10.0 Å². The highest BCUT2D eigenvalue weighted by molar-refractivity contribution is 7.88. The van der Waals surface area contributed by atoms with Gasteiger partial charge >= 0.3 is 6.03 Å². The van der Waals surface area contributed by atoms with Gasteiger partial charge < -0.3 is 24.4 Å². The molecule has 0 saturated carbocycles. The van der Waals surface area contributed by atoms with Gasteiger partial charge in [0.05, 0.1) is 31.8 Å². The molecule has 0 bridgehead atoms. The van der Waals surface area contributed by atoms with Crippen molar-refractivity contribution in [2.45, 2.75) is 20.8 Å². The van der Waals surface area contributed by atoms with Crippen LogP contribution >= 0.6 is 0 Å². The first kappa shape index (κ1) is 22.1. The highest BCUT2D eigenvalue weighted by atomic mass is 32.2. The van der Waals surface area contributed by atoms with Gasteiger partial charge in [-0.15, -0.1) is 0 Å². The third kappa shape index (κ3) is 5.65. The van der Waals surface area contributed by atoms with Crippen LogP contribution in [-0.4, -0.2) is 75.9 Å². The Morgan fingerprint density at radius 1 is 0.964 bits per heavy atom. The molecule has 1 aromatic carbocycles. The van der Waals surface area contributed by atoms with Gasteiger partial charge in [-0.2, -0.15) is 4.31 Å². The molecular weight excluding hydrogens is 386 g/mol. The van der Waals surface area contributed by atoms with Crippen LogP contribution in [0.25, 0.3) is 0 Å². The number of amides is 2. The fraction of sp³-hybridized carbons (Fsp3) is 0.611. The van der Waals surface area contributed by atoms with E-state index in [1.807, 2.05) is 20.8 Å². The number of carbonyl (C=O) groups is 1. The molecule has 0 atom stereocenters. The lowest BCUT2D eigenvalue weighted by atomic mass is 10.2. The summed E-state index contributed by atoms with van der Waals surface area (Å²) in [6.07, 6.45) is 1.17. The molecule has 10 heteroatoms. The molecule has 0 aliphatic carbocycles. The van der Waals surface area contributed by atoms with E-state index in [0.29, 0.717) is 55.8 Å². The molecule has 1 saturated heterocycles. The fourth-order valence-corrected chi connectivity index (χ4v) is 3.71. The quantitative estimate of drug-likeness (QED) is 0.697. The second-order valence-corrected chi connectivity index (χ2v) is 8.16. The van der Waals surface area contributed by atoms with Crippen molar-refractivity contribution >= 4 is 21.7 Å². The molecule has 9 nitrogen and oxygen atoms in total. The van der Waals surface area contributed by atoms with Gasteiger partial charge in [-0.05, 0) is 20.8 Å². The van der Waals surface area contributed by atoms with Crippen LogP contribution in [0.4, 0.5) is 10.5 Å². The van der Waals surface area contributed by atoms with Gasteiger partial charge in [0, 0.05) is 38.3 Å². The number of benzene rings is 1. The minimum Gasteiger partial charge on any atom is -0.490 e. The van der Waals surface area contributed by atoms with E-state index in [1.165, 1.54) is 10.6 Å². The number of nitrogens with zero attached hydrogens (tertiary/aromatic N) is 2. The van der Waals surface area contributed by atoms with E-state index in [1.54, 1.807) is 17.0 Å². The standard InChI is InChI=1S/C18H29N3O6S/c1-5-25-15-12-14(13-16(26-6-2)17(15)27-7-3)19-18(22)20-8-10-21(11-9-20)28(4,23)24/h12-13H,5-11H2,1-4H3,(H,19,22). The van der Waals surface area contributed by atoms with Crippen molar-refractivity contribution in [3.05, 3.63) is 12.1 Å². The summed E-state index contributed by atoms with van der Waals surface area (Å²) in [5.41, 5.74) is 0.519. The molecule has 2 rings (SSSR count). The summed E-state index contributed by atoms with van der Waals surface area (Å²) < 4.78 is 41.5. The maximum Gasteiger partial charge on any atom is 0.321 e. The smallest absolute Gasteiger partial charge is 0.321 e. The van der Waals surface area contributed by atoms with Gasteiger partial charge in [-0.1, -0.05) is 0 Å². The fourth-order valence-electron chi connectivity index (χ4n) is 2.89. The minimum atomic E-state index is -3.24. The van der Waals surface area contributed by atoms with Gasteiger partial charge in [0.15, 0.2) is 11.5 Å². The average Bonchev–Trinajstić information content (AvgIpc) is 2.64. The molecular formula is C18H29N3O6S. The number of hydrogen-bond donors (Lipinski definition) is 1. The maximum atomic E-state index is 12.6. The molecule has 1 N–H and O–H groups in total. The first-order valence-corrected chi connectivity index (χ1v) is 11.2. The van der Waals surface area contributed by atoms with Gasteiger partial charge in [0.25, 0.3) is 0 Å². The molecule has 1 heterocycles. The number of carbonyl (C=O) groups excluding carboxylic acids is 1. The summed E-state index contributed by atoms with van der Waals surface area (Å²) in [4.78, 5) is 14.2. The largest absolute Gasteiger partial charge is 0.490 e. The molecule has 0 unspecified atom stereocenters. The van der Waals surface area contributed by atoms with Gasteiger partial charge in [-0.3, -0.25) is 0 Å². The summed E-state index contributed by atoms with van der Waals surface area (Å²) in [5, 5.41) is 2.84. The van der Waals surface area contributed by atoms with E-state index in [0.717, 1.165) is 0 Å². The Bertz CT molecular complexity index is 749.